The highest BCUT2D eigenvalue weighted by Gasteiger charge is 2.21. The largest absolute Gasteiger partial charge is 0.360 e. The summed E-state index contributed by atoms with van der Waals surface area (Å²) < 4.78 is 7.07. The number of amides is 1. The predicted molar refractivity (Wildman–Crippen MR) is 109 cm³/mol. The van der Waals surface area contributed by atoms with Crippen LogP contribution < -0.4 is 0 Å². The number of piperazine rings is 1. The molecule has 28 heavy (non-hydrogen) atoms. The smallest absolute Gasteiger partial charge is 0.246 e. The molecular formula is C20H28ClN5O2. The van der Waals surface area contributed by atoms with E-state index in [1.165, 1.54) is 0 Å². The first-order valence-electron chi connectivity index (χ1n) is 9.68. The average Bonchev–Trinajstić information content (AvgIpc) is 3.16. The van der Waals surface area contributed by atoms with E-state index in [9.17, 15) is 4.79 Å². The summed E-state index contributed by atoms with van der Waals surface area (Å²) in [7, 11) is 0. The summed E-state index contributed by atoms with van der Waals surface area (Å²) in [4.78, 5) is 16.7. The topological polar surface area (TPSA) is 67.4 Å². The van der Waals surface area contributed by atoms with Crippen LogP contribution in [-0.4, -0.2) is 56.8 Å². The lowest BCUT2D eigenvalue weighted by Gasteiger charge is -2.33. The van der Waals surface area contributed by atoms with E-state index in [-0.39, 0.29) is 5.91 Å². The fourth-order valence-corrected chi connectivity index (χ4v) is 3.63. The molecule has 0 bridgehead atoms. The second kappa shape index (κ2) is 8.92. The molecule has 1 amide bonds. The minimum Gasteiger partial charge on any atom is -0.360 e. The van der Waals surface area contributed by atoms with Gasteiger partial charge in [-0.25, -0.2) is 0 Å². The molecule has 8 heteroatoms. The molecule has 2 aromatic heterocycles. The van der Waals surface area contributed by atoms with E-state index in [1.54, 1.807) is 16.8 Å². The van der Waals surface area contributed by atoms with Gasteiger partial charge in [-0.3, -0.25) is 14.4 Å². The first-order chi connectivity index (χ1) is 13.3. The van der Waals surface area contributed by atoms with Gasteiger partial charge in [0.2, 0.25) is 5.91 Å². The monoisotopic (exact) mass is 405 g/mol. The Morgan fingerprint density at radius 1 is 1.29 bits per heavy atom. The molecule has 1 aliphatic heterocycles. The standard InChI is InChI=1S/C20H28ClN5O2/c1-14(2)12-26-20(21)18(16(4)22-26)5-6-19(27)25-9-7-24(8-10-25)13-17-11-15(3)23-28-17/h5-6,11,14H,7-10,12-13H2,1-4H3/b6-5+. The van der Waals surface area contributed by atoms with Crippen molar-refractivity contribution in [2.75, 3.05) is 26.2 Å². The maximum absolute atomic E-state index is 12.6. The Balaban J connectivity index is 1.55. The maximum Gasteiger partial charge on any atom is 0.246 e. The molecule has 0 saturated carbocycles. The van der Waals surface area contributed by atoms with E-state index in [0.717, 1.165) is 48.9 Å². The summed E-state index contributed by atoms with van der Waals surface area (Å²) in [6.07, 6.45) is 3.39. The minimum atomic E-state index is 0.00207. The van der Waals surface area contributed by atoms with Crippen LogP contribution in [0.25, 0.3) is 6.08 Å². The van der Waals surface area contributed by atoms with Crippen LogP contribution >= 0.6 is 11.6 Å². The van der Waals surface area contributed by atoms with Gasteiger partial charge in [0.05, 0.1) is 17.9 Å². The summed E-state index contributed by atoms with van der Waals surface area (Å²) in [6, 6.07) is 1.95. The van der Waals surface area contributed by atoms with Crippen LogP contribution in [0.5, 0.6) is 0 Å². The Bertz CT molecular complexity index is 847. The van der Waals surface area contributed by atoms with Crippen LogP contribution in [0.2, 0.25) is 5.15 Å². The number of nitrogens with zero attached hydrogens (tertiary/aromatic N) is 5. The molecule has 0 atom stereocenters. The van der Waals surface area contributed by atoms with E-state index in [0.29, 0.717) is 24.2 Å². The number of aromatic nitrogens is 3. The summed E-state index contributed by atoms with van der Waals surface area (Å²) in [5, 5.41) is 8.98. The lowest BCUT2D eigenvalue weighted by atomic mass is 10.2. The molecule has 0 unspecified atom stereocenters. The van der Waals surface area contributed by atoms with E-state index in [4.69, 9.17) is 16.1 Å². The van der Waals surface area contributed by atoms with Gasteiger partial charge in [0, 0.05) is 50.4 Å². The van der Waals surface area contributed by atoms with Crippen molar-refractivity contribution in [3.63, 3.8) is 0 Å². The van der Waals surface area contributed by atoms with Crippen molar-refractivity contribution in [3.05, 3.63) is 40.0 Å². The second-order valence-electron chi connectivity index (χ2n) is 7.74. The Kier molecular flexibility index (Phi) is 6.57. The first kappa shape index (κ1) is 20.6. The normalized spacial score (nSPS) is 15.9. The number of hydrogen-bond donors (Lipinski definition) is 0. The zero-order valence-corrected chi connectivity index (χ0v) is 17.7. The van der Waals surface area contributed by atoms with Gasteiger partial charge in [-0.05, 0) is 25.8 Å². The zero-order chi connectivity index (χ0) is 20.3. The molecule has 1 fully saturated rings. The van der Waals surface area contributed by atoms with Crippen molar-refractivity contribution >= 4 is 23.6 Å². The fourth-order valence-electron chi connectivity index (χ4n) is 3.32. The number of carbonyl (C=O) groups is 1. The molecule has 0 aliphatic carbocycles. The predicted octanol–water partition coefficient (Wildman–Crippen LogP) is 3.15. The van der Waals surface area contributed by atoms with Crippen molar-refractivity contribution in [2.24, 2.45) is 5.92 Å². The van der Waals surface area contributed by atoms with E-state index in [1.807, 2.05) is 24.8 Å². The number of hydrogen-bond acceptors (Lipinski definition) is 5. The Labute approximate surface area is 170 Å². The third-order valence-electron chi connectivity index (χ3n) is 4.78. The summed E-state index contributed by atoms with van der Waals surface area (Å²) in [6.45, 7) is 12.6. The summed E-state index contributed by atoms with van der Waals surface area (Å²) in [5.41, 5.74) is 2.54. The van der Waals surface area contributed by atoms with Gasteiger partial charge < -0.3 is 9.42 Å². The van der Waals surface area contributed by atoms with Crippen molar-refractivity contribution in [1.29, 1.82) is 0 Å². The highest BCUT2D eigenvalue weighted by Crippen LogP contribution is 2.22. The summed E-state index contributed by atoms with van der Waals surface area (Å²) in [5.74, 6) is 1.32. The molecule has 7 nitrogen and oxygen atoms in total. The molecule has 0 aromatic carbocycles. The van der Waals surface area contributed by atoms with E-state index in [2.05, 4.69) is 29.0 Å². The number of halogens is 1. The third-order valence-corrected chi connectivity index (χ3v) is 5.18. The van der Waals surface area contributed by atoms with Crippen LogP contribution in [0.3, 0.4) is 0 Å². The highest BCUT2D eigenvalue weighted by atomic mass is 35.5. The maximum atomic E-state index is 12.6. The van der Waals surface area contributed by atoms with Crippen LogP contribution in [0.1, 0.15) is 36.6 Å². The fraction of sp³-hybridized carbons (Fsp3) is 0.550. The lowest BCUT2D eigenvalue weighted by molar-refractivity contribution is -0.127. The molecule has 0 N–H and O–H groups in total. The molecule has 2 aromatic rings. The molecule has 3 rings (SSSR count). The molecule has 152 valence electrons. The zero-order valence-electron chi connectivity index (χ0n) is 17.0. The Hall–Kier alpha value is -2.12. The minimum absolute atomic E-state index is 0.00207. The average molecular weight is 406 g/mol. The van der Waals surface area contributed by atoms with Gasteiger partial charge in [0.1, 0.15) is 5.15 Å². The quantitative estimate of drug-likeness (QED) is 0.690. The van der Waals surface area contributed by atoms with Gasteiger partial charge in [-0.15, -0.1) is 0 Å². The number of aryl methyl sites for hydroxylation is 2. The van der Waals surface area contributed by atoms with Gasteiger partial charge >= 0.3 is 0 Å². The Morgan fingerprint density at radius 2 is 2.00 bits per heavy atom. The summed E-state index contributed by atoms with van der Waals surface area (Å²) >= 11 is 6.44. The molecule has 1 aliphatic rings. The second-order valence-corrected chi connectivity index (χ2v) is 8.09. The van der Waals surface area contributed by atoms with Gasteiger partial charge in [0.25, 0.3) is 0 Å². The first-order valence-corrected chi connectivity index (χ1v) is 10.1. The highest BCUT2D eigenvalue weighted by molar-refractivity contribution is 6.31. The molecule has 3 heterocycles. The van der Waals surface area contributed by atoms with Crippen LogP contribution in [0, 0.1) is 19.8 Å². The van der Waals surface area contributed by atoms with E-state index >= 15 is 0 Å². The van der Waals surface area contributed by atoms with Gasteiger partial charge in [-0.1, -0.05) is 30.6 Å². The number of carbonyl (C=O) groups excluding carboxylic acids is 1. The van der Waals surface area contributed by atoms with Crippen molar-refractivity contribution in [1.82, 2.24) is 24.7 Å². The Morgan fingerprint density at radius 3 is 2.61 bits per heavy atom. The third kappa shape index (κ3) is 5.02. The van der Waals surface area contributed by atoms with Crippen LogP contribution in [-0.2, 0) is 17.9 Å². The van der Waals surface area contributed by atoms with Crippen LogP contribution in [0.15, 0.2) is 16.7 Å². The lowest BCUT2D eigenvalue weighted by Crippen LogP contribution is -2.47. The van der Waals surface area contributed by atoms with Crippen molar-refractivity contribution in [3.8, 4) is 0 Å². The van der Waals surface area contributed by atoms with E-state index < -0.39 is 0 Å². The number of rotatable bonds is 6. The van der Waals surface area contributed by atoms with Crippen molar-refractivity contribution < 1.29 is 9.32 Å². The molecular weight excluding hydrogens is 378 g/mol. The van der Waals surface area contributed by atoms with Gasteiger partial charge in [0.15, 0.2) is 5.76 Å². The SMILES string of the molecule is Cc1cc(CN2CCN(C(=O)/C=C/c3c(C)nn(CC(C)C)c3Cl)CC2)on1. The van der Waals surface area contributed by atoms with Gasteiger partial charge in [-0.2, -0.15) is 5.10 Å². The van der Waals surface area contributed by atoms with Crippen molar-refractivity contribution in [2.45, 2.75) is 40.8 Å². The van der Waals surface area contributed by atoms with Crippen LogP contribution in [0.4, 0.5) is 0 Å². The molecule has 1 saturated heterocycles. The molecule has 0 spiro atoms. The molecule has 0 radical (unpaired) electrons.